The number of carbonyl (C=O) groups is 3. The Balaban J connectivity index is 2.17. The Kier molecular flexibility index (Phi) is 5.82. The number of carbonyl (C=O) groups excluding carboxylic acids is 3. The van der Waals surface area contributed by atoms with Crippen molar-refractivity contribution in [1.29, 1.82) is 0 Å². The molecule has 1 heterocycles. The SMILES string of the molecule is CCN(C(=O)C(C)(C)C(=O)N1CCN(C=O)CC1)c1cccc(C)c1. The van der Waals surface area contributed by atoms with Gasteiger partial charge in [0.1, 0.15) is 5.41 Å². The van der Waals surface area contributed by atoms with Crippen molar-refractivity contribution in [2.24, 2.45) is 5.41 Å². The highest BCUT2D eigenvalue weighted by Gasteiger charge is 2.42. The fraction of sp³-hybridized carbons (Fsp3) is 0.526. The summed E-state index contributed by atoms with van der Waals surface area (Å²) in [6.07, 6.45) is 0.800. The molecule has 1 aliphatic rings. The van der Waals surface area contributed by atoms with E-state index in [0.29, 0.717) is 32.7 Å². The molecule has 1 aromatic rings. The van der Waals surface area contributed by atoms with Gasteiger partial charge in [-0.1, -0.05) is 12.1 Å². The Morgan fingerprint density at radius 1 is 1.20 bits per heavy atom. The molecule has 25 heavy (non-hydrogen) atoms. The lowest BCUT2D eigenvalue weighted by atomic mass is 9.88. The van der Waals surface area contributed by atoms with Crippen LogP contribution in [-0.4, -0.2) is 60.7 Å². The van der Waals surface area contributed by atoms with Gasteiger partial charge in [-0.3, -0.25) is 14.4 Å². The fourth-order valence-electron chi connectivity index (χ4n) is 3.09. The summed E-state index contributed by atoms with van der Waals surface area (Å²) in [5.41, 5.74) is 0.723. The molecule has 0 radical (unpaired) electrons. The van der Waals surface area contributed by atoms with Gasteiger partial charge < -0.3 is 14.7 Å². The molecule has 1 saturated heterocycles. The van der Waals surface area contributed by atoms with Crippen molar-refractivity contribution >= 4 is 23.9 Å². The maximum Gasteiger partial charge on any atom is 0.242 e. The number of benzene rings is 1. The van der Waals surface area contributed by atoms with E-state index in [0.717, 1.165) is 17.7 Å². The van der Waals surface area contributed by atoms with Crippen LogP contribution in [0, 0.1) is 12.3 Å². The van der Waals surface area contributed by atoms with E-state index in [1.54, 1.807) is 28.5 Å². The van der Waals surface area contributed by atoms with Crippen molar-refractivity contribution in [2.45, 2.75) is 27.7 Å². The molecule has 0 aliphatic carbocycles. The molecule has 1 fully saturated rings. The van der Waals surface area contributed by atoms with Crippen LogP contribution in [0.5, 0.6) is 0 Å². The van der Waals surface area contributed by atoms with Crippen LogP contribution in [0.1, 0.15) is 26.3 Å². The highest BCUT2D eigenvalue weighted by atomic mass is 16.2. The summed E-state index contributed by atoms with van der Waals surface area (Å²) in [5.74, 6) is -0.391. The van der Waals surface area contributed by atoms with E-state index in [4.69, 9.17) is 0 Å². The average molecular weight is 345 g/mol. The Morgan fingerprint density at radius 2 is 1.84 bits per heavy atom. The lowest BCUT2D eigenvalue weighted by molar-refractivity contribution is -0.149. The monoisotopic (exact) mass is 345 g/mol. The van der Waals surface area contributed by atoms with Gasteiger partial charge in [-0.15, -0.1) is 0 Å². The topological polar surface area (TPSA) is 60.9 Å². The predicted molar refractivity (Wildman–Crippen MR) is 97.2 cm³/mol. The van der Waals surface area contributed by atoms with Crippen LogP contribution >= 0.6 is 0 Å². The van der Waals surface area contributed by atoms with Crippen LogP contribution in [0.25, 0.3) is 0 Å². The van der Waals surface area contributed by atoms with Gasteiger partial charge in [0.15, 0.2) is 0 Å². The molecule has 0 spiro atoms. The minimum absolute atomic E-state index is 0.186. The average Bonchev–Trinajstić information content (AvgIpc) is 2.61. The number of hydrogen-bond donors (Lipinski definition) is 0. The molecular weight excluding hydrogens is 318 g/mol. The van der Waals surface area contributed by atoms with Gasteiger partial charge in [-0.05, 0) is 45.4 Å². The molecule has 6 heteroatoms. The molecule has 0 unspecified atom stereocenters. The third-order valence-corrected chi connectivity index (χ3v) is 4.69. The molecule has 0 aromatic heterocycles. The summed E-state index contributed by atoms with van der Waals surface area (Å²) < 4.78 is 0. The maximum absolute atomic E-state index is 13.1. The zero-order chi connectivity index (χ0) is 18.6. The second kappa shape index (κ2) is 7.68. The number of rotatable bonds is 5. The van der Waals surface area contributed by atoms with E-state index in [1.165, 1.54) is 0 Å². The minimum Gasteiger partial charge on any atom is -0.342 e. The van der Waals surface area contributed by atoms with Gasteiger partial charge in [-0.25, -0.2) is 0 Å². The third kappa shape index (κ3) is 4.00. The van der Waals surface area contributed by atoms with Crippen LogP contribution in [0.15, 0.2) is 24.3 Å². The van der Waals surface area contributed by atoms with Gasteiger partial charge in [0.05, 0.1) is 0 Å². The van der Waals surface area contributed by atoms with Gasteiger partial charge in [0.2, 0.25) is 18.2 Å². The molecule has 3 amide bonds. The molecule has 0 N–H and O–H groups in total. The second-order valence-electron chi connectivity index (χ2n) is 6.95. The Hall–Kier alpha value is -2.37. The number of anilines is 1. The molecule has 0 saturated carbocycles. The van der Waals surface area contributed by atoms with E-state index >= 15 is 0 Å². The zero-order valence-electron chi connectivity index (χ0n) is 15.5. The molecule has 2 rings (SSSR count). The van der Waals surface area contributed by atoms with Crippen molar-refractivity contribution in [1.82, 2.24) is 9.80 Å². The molecule has 0 atom stereocenters. The lowest BCUT2D eigenvalue weighted by Gasteiger charge is -2.38. The highest BCUT2D eigenvalue weighted by molar-refractivity contribution is 6.11. The normalized spacial score (nSPS) is 15.0. The van der Waals surface area contributed by atoms with Crippen LogP contribution < -0.4 is 4.90 Å². The van der Waals surface area contributed by atoms with Crippen molar-refractivity contribution in [3.8, 4) is 0 Å². The van der Waals surface area contributed by atoms with E-state index in [1.807, 2.05) is 38.1 Å². The van der Waals surface area contributed by atoms with Crippen LogP contribution in [0.2, 0.25) is 0 Å². The molecule has 136 valence electrons. The first kappa shape index (κ1) is 19.0. The number of amides is 3. The summed E-state index contributed by atoms with van der Waals surface area (Å²) >= 11 is 0. The number of nitrogens with zero attached hydrogens (tertiary/aromatic N) is 3. The minimum atomic E-state index is -1.15. The summed E-state index contributed by atoms with van der Waals surface area (Å²) in [6.45, 7) is 9.69. The smallest absolute Gasteiger partial charge is 0.242 e. The number of piperazine rings is 1. The van der Waals surface area contributed by atoms with Crippen molar-refractivity contribution in [2.75, 3.05) is 37.6 Å². The fourth-order valence-corrected chi connectivity index (χ4v) is 3.09. The second-order valence-corrected chi connectivity index (χ2v) is 6.95. The van der Waals surface area contributed by atoms with Crippen LogP contribution in [0.3, 0.4) is 0 Å². The van der Waals surface area contributed by atoms with Crippen molar-refractivity contribution in [3.05, 3.63) is 29.8 Å². The lowest BCUT2D eigenvalue weighted by Crippen LogP contribution is -2.55. The number of hydrogen-bond acceptors (Lipinski definition) is 3. The summed E-state index contributed by atoms with van der Waals surface area (Å²) in [6, 6.07) is 7.72. The van der Waals surface area contributed by atoms with Crippen LogP contribution in [0.4, 0.5) is 5.69 Å². The van der Waals surface area contributed by atoms with E-state index in [9.17, 15) is 14.4 Å². The van der Waals surface area contributed by atoms with Gasteiger partial charge in [0.25, 0.3) is 0 Å². The van der Waals surface area contributed by atoms with Crippen molar-refractivity contribution < 1.29 is 14.4 Å². The zero-order valence-corrected chi connectivity index (χ0v) is 15.5. The quantitative estimate of drug-likeness (QED) is 0.602. The van der Waals surface area contributed by atoms with E-state index < -0.39 is 5.41 Å². The van der Waals surface area contributed by atoms with Gasteiger partial charge in [-0.2, -0.15) is 0 Å². The summed E-state index contributed by atoms with van der Waals surface area (Å²) in [5, 5.41) is 0. The maximum atomic E-state index is 13.1. The van der Waals surface area contributed by atoms with E-state index in [-0.39, 0.29) is 11.8 Å². The Labute approximate surface area is 149 Å². The van der Waals surface area contributed by atoms with Gasteiger partial charge >= 0.3 is 0 Å². The summed E-state index contributed by atoms with van der Waals surface area (Å²) in [4.78, 5) is 41.9. The molecule has 1 aliphatic heterocycles. The molecule has 1 aromatic carbocycles. The van der Waals surface area contributed by atoms with Crippen molar-refractivity contribution in [3.63, 3.8) is 0 Å². The molecule has 6 nitrogen and oxygen atoms in total. The van der Waals surface area contributed by atoms with Crippen LogP contribution in [-0.2, 0) is 14.4 Å². The Morgan fingerprint density at radius 3 is 2.36 bits per heavy atom. The predicted octanol–water partition coefficient (Wildman–Crippen LogP) is 1.67. The number of aryl methyl sites for hydroxylation is 1. The molecular formula is C19H27N3O3. The Bertz CT molecular complexity index is 649. The molecule has 0 bridgehead atoms. The van der Waals surface area contributed by atoms with Gasteiger partial charge in [0, 0.05) is 38.4 Å². The first-order chi connectivity index (χ1) is 11.8. The summed E-state index contributed by atoms with van der Waals surface area (Å²) in [7, 11) is 0. The highest BCUT2D eigenvalue weighted by Crippen LogP contribution is 2.27. The first-order valence-electron chi connectivity index (χ1n) is 8.68. The largest absolute Gasteiger partial charge is 0.342 e. The standard InChI is InChI=1S/C19H27N3O3/c1-5-22(16-8-6-7-15(2)13-16)18(25)19(3,4)17(24)21-11-9-20(14-23)10-12-21/h6-8,13-14H,5,9-12H2,1-4H3. The van der Waals surface area contributed by atoms with E-state index in [2.05, 4.69) is 0 Å². The third-order valence-electron chi connectivity index (χ3n) is 4.69. The first-order valence-corrected chi connectivity index (χ1v) is 8.68.